The van der Waals surface area contributed by atoms with Gasteiger partial charge in [0.25, 0.3) is 0 Å². The molecule has 0 radical (unpaired) electrons. The summed E-state index contributed by atoms with van der Waals surface area (Å²) >= 11 is 1.51. The van der Waals surface area contributed by atoms with Gasteiger partial charge in [0.15, 0.2) is 0 Å². The van der Waals surface area contributed by atoms with Crippen LogP contribution in [-0.2, 0) is 14.4 Å². The summed E-state index contributed by atoms with van der Waals surface area (Å²) in [6, 6.07) is 6.96. The first-order valence-electron chi connectivity index (χ1n) is 7.56. The molecule has 23 heavy (non-hydrogen) atoms. The zero-order valence-electron chi connectivity index (χ0n) is 12.9. The molecule has 2 fully saturated rings. The molecule has 6 nitrogen and oxygen atoms in total. The lowest BCUT2D eigenvalue weighted by Gasteiger charge is -2.36. The van der Waals surface area contributed by atoms with Crippen LogP contribution in [0.3, 0.4) is 0 Å². The molecular weight excluding hydrogens is 314 g/mol. The van der Waals surface area contributed by atoms with E-state index >= 15 is 0 Å². The first-order chi connectivity index (χ1) is 11.1. The van der Waals surface area contributed by atoms with Gasteiger partial charge in [0, 0.05) is 13.1 Å². The van der Waals surface area contributed by atoms with Crippen LogP contribution >= 0.6 is 11.8 Å². The van der Waals surface area contributed by atoms with Gasteiger partial charge in [-0.05, 0) is 18.1 Å². The van der Waals surface area contributed by atoms with Crippen molar-refractivity contribution >= 4 is 29.5 Å². The average Bonchev–Trinajstić information content (AvgIpc) is 2.93. The Labute approximate surface area is 139 Å². The predicted octanol–water partition coefficient (Wildman–Crippen LogP) is 0.527. The van der Waals surface area contributed by atoms with Crippen LogP contribution < -0.4 is 5.32 Å². The van der Waals surface area contributed by atoms with Gasteiger partial charge in [0.05, 0.1) is 11.6 Å². The van der Waals surface area contributed by atoms with E-state index in [9.17, 15) is 14.4 Å². The molecule has 0 aromatic heterocycles. The first-order valence-corrected chi connectivity index (χ1v) is 8.71. The summed E-state index contributed by atoms with van der Waals surface area (Å²) in [6.07, 6.45) is 0. The van der Waals surface area contributed by atoms with Gasteiger partial charge in [-0.2, -0.15) is 0 Å². The maximum Gasteiger partial charge on any atom is 0.247 e. The standard InChI is InChI=1S/C16H19N3O3S/c1-11-4-2-3-5-12(11)15-16(22)17-6-7-19(15)13(20)8-18-10-23-9-14(18)21/h2-5,15H,6-10H2,1H3,(H,17,22). The summed E-state index contributed by atoms with van der Waals surface area (Å²) in [5.41, 5.74) is 1.81. The molecule has 0 aliphatic carbocycles. The van der Waals surface area contributed by atoms with Crippen LogP contribution in [0.15, 0.2) is 24.3 Å². The molecule has 7 heteroatoms. The van der Waals surface area contributed by atoms with Crippen LogP contribution in [-0.4, -0.2) is 58.8 Å². The topological polar surface area (TPSA) is 69.7 Å². The summed E-state index contributed by atoms with van der Waals surface area (Å²) in [5.74, 6) is 0.608. The number of aryl methyl sites for hydroxylation is 1. The van der Waals surface area contributed by atoms with E-state index in [0.717, 1.165) is 11.1 Å². The van der Waals surface area contributed by atoms with E-state index in [-0.39, 0.29) is 24.3 Å². The van der Waals surface area contributed by atoms with Gasteiger partial charge in [-0.1, -0.05) is 24.3 Å². The lowest BCUT2D eigenvalue weighted by molar-refractivity contribution is -0.146. The minimum Gasteiger partial charge on any atom is -0.352 e. The number of nitrogens with one attached hydrogen (secondary N) is 1. The Hall–Kier alpha value is -2.02. The zero-order chi connectivity index (χ0) is 16.4. The van der Waals surface area contributed by atoms with Gasteiger partial charge in [0.1, 0.15) is 12.6 Å². The number of rotatable bonds is 3. The Bertz CT molecular complexity index is 649. The van der Waals surface area contributed by atoms with E-state index in [1.807, 2.05) is 31.2 Å². The Morgan fingerprint density at radius 3 is 2.83 bits per heavy atom. The van der Waals surface area contributed by atoms with Gasteiger partial charge in [-0.15, -0.1) is 11.8 Å². The number of nitrogens with zero attached hydrogens (tertiary/aromatic N) is 2. The summed E-state index contributed by atoms with van der Waals surface area (Å²) < 4.78 is 0. The molecule has 1 aromatic carbocycles. The highest BCUT2D eigenvalue weighted by Gasteiger charge is 2.36. The summed E-state index contributed by atoms with van der Waals surface area (Å²) in [4.78, 5) is 39.9. The second-order valence-corrected chi connectivity index (χ2v) is 6.66. The van der Waals surface area contributed by atoms with E-state index in [2.05, 4.69) is 5.32 Å². The van der Waals surface area contributed by atoms with Gasteiger partial charge < -0.3 is 15.1 Å². The van der Waals surface area contributed by atoms with Crippen molar-refractivity contribution in [1.29, 1.82) is 0 Å². The van der Waals surface area contributed by atoms with Gasteiger partial charge >= 0.3 is 0 Å². The van der Waals surface area contributed by atoms with Crippen LogP contribution in [0, 0.1) is 6.92 Å². The molecule has 1 N–H and O–H groups in total. The molecule has 2 saturated heterocycles. The maximum atomic E-state index is 12.7. The third kappa shape index (κ3) is 3.19. The van der Waals surface area contributed by atoms with Crippen LogP contribution in [0.5, 0.6) is 0 Å². The quantitative estimate of drug-likeness (QED) is 0.876. The van der Waals surface area contributed by atoms with Crippen LogP contribution in [0.2, 0.25) is 0 Å². The zero-order valence-corrected chi connectivity index (χ0v) is 13.8. The molecule has 0 bridgehead atoms. The lowest BCUT2D eigenvalue weighted by atomic mass is 9.97. The highest BCUT2D eigenvalue weighted by molar-refractivity contribution is 8.00. The smallest absolute Gasteiger partial charge is 0.247 e. The van der Waals surface area contributed by atoms with Gasteiger partial charge in [0.2, 0.25) is 17.7 Å². The number of carbonyl (C=O) groups is 3. The number of piperazine rings is 1. The fourth-order valence-electron chi connectivity index (χ4n) is 2.93. The number of benzene rings is 1. The molecular formula is C16H19N3O3S. The molecule has 1 unspecified atom stereocenters. The minimum absolute atomic E-state index is 0.0164. The molecule has 3 amide bonds. The number of amides is 3. The van der Waals surface area contributed by atoms with E-state index in [1.165, 1.54) is 11.8 Å². The lowest BCUT2D eigenvalue weighted by Crippen LogP contribution is -2.54. The fourth-order valence-corrected chi connectivity index (χ4v) is 3.84. The third-order valence-corrected chi connectivity index (χ3v) is 5.11. The normalized spacial score (nSPS) is 21.5. The Morgan fingerprint density at radius 1 is 1.35 bits per heavy atom. The number of hydrogen-bond donors (Lipinski definition) is 1. The van der Waals surface area contributed by atoms with Crippen molar-refractivity contribution in [3.05, 3.63) is 35.4 Å². The van der Waals surface area contributed by atoms with Crippen molar-refractivity contribution in [2.24, 2.45) is 0 Å². The molecule has 122 valence electrons. The van der Waals surface area contributed by atoms with E-state index in [0.29, 0.717) is 24.7 Å². The Balaban J connectivity index is 1.83. The van der Waals surface area contributed by atoms with Crippen LogP contribution in [0.1, 0.15) is 17.2 Å². The molecule has 2 aliphatic rings. The molecule has 2 heterocycles. The molecule has 3 rings (SSSR count). The van der Waals surface area contributed by atoms with E-state index < -0.39 is 6.04 Å². The van der Waals surface area contributed by atoms with Crippen molar-refractivity contribution in [2.45, 2.75) is 13.0 Å². The van der Waals surface area contributed by atoms with Crippen LogP contribution in [0.25, 0.3) is 0 Å². The Morgan fingerprint density at radius 2 is 2.13 bits per heavy atom. The fraction of sp³-hybridized carbons (Fsp3) is 0.438. The summed E-state index contributed by atoms with van der Waals surface area (Å²) in [6.45, 7) is 2.87. The van der Waals surface area contributed by atoms with Crippen molar-refractivity contribution in [1.82, 2.24) is 15.1 Å². The van der Waals surface area contributed by atoms with E-state index in [4.69, 9.17) is 0 Å². The number of carbonyl (C=O) groups excluding carboxylic acids is 3. The van der Waals surface area contributed by atoms with Crippen molar-refractivity contribution in [3.8, 4) is 0 Å². The van der Waals surface area contributed by atoms with Crippen molar-refractivity contribution in [3.63, 3.8) is 0 Å². The van der Waals surface area contributed by atoms with Crippen molar-refractivity contribution in [2.75, 3.05) is 31.3 Å². The minimum atomic E-state index is -0.622. The second kappa shape index (κ2) is 6.62. The largest absolute Gasteiger partial charge is 0.352 e. The maximum absolute atomic E-state index is 12.7. The summed E-state index contributed by atoms with van der Waals surface area (Å²) in [5, 5.41) is 2.83. The molecule has 1 aromatic rings. The molecule has 1 atom stereocenters. The summed E-state index contributed by atoms with van der Waals surface area (Å²) in [7, 11) is 0. The Kier molecular flexibility index (Phi) is 4.56. The molecule has 0 spiro atoms. The van der Waals surface area contributed by atoms with Crippen LogP contribution in [0.4, 0.5) is 0 Å². The molecule has 0 saturated carbocycles. The third-order valence-electron chi connectivity index (χ3n) is 4.17. The van der Waals surface area contributed by atoms with Gasteiger partial charge in [-0.3, -0.25) is 14.4 Å². The highest BCUT2D eigenvalue weighted by atomic mass is 32.2. The number of hydrogen-bond acceptors (Lipinski definition) is 4. The second-order valence-electron chi connectivity index (χ2n) is 5.71. The highest BCUT2D eigenvalue weighted by Crippen LogP contribution is 2.26. The predicted molar refractivity (Wildman–Crippen MR) is 87.7 cm³/mol. The SMILES string of the molecule is Cc1ccccc1C1C(=O)NCCN1C(=O)CN1CSCC1=O. The molecule has 2 aliphatic heterocycles. The number of thioether (sulfide) groups is 1. The monoisotopic (exact) mass is 333 g/mol. The van der Waals surface area contributed by atoms with E-state index in [1.54, 1.807) is 9.80 Å². The van der Waals surface area contributed by atoms with Crippen molar-refractivity contribution < 1.29 is 14.4 Å². The first kappa shape index (κ1) is 15.9. The average molecular weight is 333 g/mol. The van der Waals surface area contributed by atoms with Gasteiger partial charge in [-0.25, -0.2) is 0 Å².